The predicted octanol–water partition coefficient (Wildman–Crippen LogP) is 3.17. The van der Waals surface area contributed by atoms with E-state index in [1.165, 1.54) is 0 Å². The van der Waals surface area contributed by atoms with Crippen LogP contribution in [0.1, 0.15) is 17.3 Å². The molecule has 110 valence electrons. The average molecular weight is 306 g/mol. The largest absolute Gasteiger partial charge is 0.494 e. The Morgan fingerprint density at radius 2 is 2.24 bits per heavy atom. The number of rotatable bonds is 5. The first-order chi connectivity index (χ1) is 10.2. The molecule has 3 rings (SSSR count). The highest BCUT2D eigenvalue weighted by atomic mass is 35.5. The molecular weight excluding hydrogens is 290 g/mol. The Balaban J connectivity index is 2.11. The number of methoxy groups -OCH3 is 1. The zero-order valence-electron chi connectivity index (χ0n) is 12.0. The minimum atomic E-state index is 0.515. The number of fused-ring (bicyclic) bond motifs is 1. The molecule has 0 saturated carbocycles. The number of hydrogen-bond acceptors (Lipinski definition) is 4. The standard InChI is InChI=1S/C15H16ClN3O2/c1-10-8-11(21-18-10)9-19-12-4-3-5-13(20-2)15(12)17-14(19)6-7-16/h3-5,8H,6-7,9H2,1-2H3. The van der Waals surface area contributed by atoms with Gasteiger partial charge in [-0.2, -0.15) is 0 Å². The molecule has 0 fully saturated rings. The lowest BCUT2D eigenvalue weighted by atomic mass is 10.3. The summed E-state index contributed by atoms with van der Waals surface area (Å²) >= 11 is 5.90. The number of alkyl halides is 1. The summed E-state index contributed by atoms with van der Waals surface area (Å²) in [7, 11) is 1.65. The molecule has 2 aromatic heterocycles. The van der Waals surface area contributed by atoms with Crippen molar-refractivity contribution in [1.82, 2.24) is 14.7 Å². The van der Waals surface area contributed by atoms with Gasteiger partial charge in [0.2, 0.25) is 0 Å². The van der Waals surface area contributed by atoms with Crippen LogP contribution in [0.25, 0.3) is 11.0 Å². The Hall–Kier alpha value is -2.01. The van der Waals surface area contributed by atoms with E-state index in [9.17, 15) is 0 Å². The number of hydrogen-bond donors (Lipinski definition) is 0. The third-order valence-corrected chi connectivity index (χ3v) is 3.54. The maximum Gasteiger partial charge on any atom is 0.156 e. The van der Waals surface area contributed by atoms with Gasteiger partial charge in [0.15, 0.2) is 5.76 Å². The summed E-state index contributed by atoms with van der Waals surface area (Å²) in [5.41, 5.74) is 2.71. The zero-order valence-corrected chi connectivity index (χ0v) is 12.7. The van der Waals surface area contributed by atoms with Gasteiger partial charge in [-0.1, -0.05) is 11.2 Å². The Morgan fingerprint density at radius 3 is 2.90 bits per heavy atom. The molecule has 0 amide bonds. The van der Waals surface area contributed by atoms with Gasteiger partial charge in [0.1, 0.15) is 17.1 Å². The fourth-order valence-electron chi connectivity index (χ4n) is 2.43. The first-order valence-corrected chi connectivity index (χ1v) is 7.26. The molecule has 0 N–H and O–H groups in total. The van der Waals surface area contributed by atoms with Crippen LogP contribution in [0.2, 0.25) is 0 Å². The topological polar surface area (TPSA) is 53.1 Å². The van der Waals surface area contributed by atoms with Crippen LogP contribution in [-0.4, -0.2) is 27.7 Å². The first-order valence-electron chi connectivity index (χ1n) is 6.73. The molecule has 5 nitrogen and oxygen atoms in total. The number of nitrogens with zero attached hydrogens (tertiary/aromatic N) is 3. The van der Waals surface area contributed by atoms with Crippen molar-refractivity contribution in [2.75, 3.05) is 13.0 Å². The van der Waals surface area contributed by atoms with E-state index in [2.05, 4.69) is 14.7 Å². The van der Waals surface area contributed by atoms with E-state index >= 15 is 0 Å². The normalized spacial score (nSPS) is 11.2. The van der Waals surface area contributed by atoms with Gasteiger partial charge in [0.25, 0.3) is 0 Å². The quantitative estimate of drug-likeness (QED) is 0.679. The van der Waals surface area contributed by atoms with Crippen LogP contribution in [0.4, 0.5) is 0 Å². The molecule has 0 aliphatic heterocycles. The van der Waals surface area contributed by atoms with Gasteiger partial charge in [-0.25, -0.2) is 4.98 Å². The minimum Gasteiger partial charge on any atom is -0.494 e. The summed E-state index contributed by atoms with van der Waals surface area (Å²) in [5.74, 6) is 2.99. The van der Waals surface area contributed by atoms with E-state index in [1.807, 2.05) is 31.2 Å². The molecule has 0 atom stereocenters. The number of aryl methyl sites for hydroxylation is 2. The maximum absolute atomic E-state index is 5.90. The van der Waals surface area contributed by atoms with Gasteiger partial charge in [0.05, 0.1) is 24.9 Å². The molecule has 1 aromatic carbocycles. The van der Waals surface area contributed by atoms with Gasteiger partial charge in [-0.15, -0.1) is 11.6 Å². The number of ether oxygens (including phenoxy) is 1. The zero-order chi connectivity index (χ0) is 14.8. The van der Waals surface area contributed by atoms with Crippen molar-refractivity contribution in [3.05, 3.63) is 41.5 Å². The minimum absolute atomic E-state index is 0.515. The van der Waals surface area contributed by atoms with Gasteiger partial charge in [0, 0.05) is 18.4 Å². The van der Waals surface area contributed by atoms with Crippen LogP contribution in [0.3, 0.4) is 0 Å². The summed E-state index contributed by atoms with van der Waals surface area (Å²) in [6.07, 6.45) is 0.687. The van der Waals surface area contributed by atoms with E-state index in [0.29, 0.717) is 18.8 Å². The van der Waals surface area contributed by atoms with Crippen molar-refractivity contribution in [2.24, 2.45) is 0 Å². The second kappa shape index (κ2) is 5.77. The lowest BCUT2D eigenvalue weighted by Crippen LogP contribution is -2.05. The lowest BCUT2D eigenvalue weighted by Gasteiger charge is -2.06. The van der Waals surface area contributed by atoms with Crippen LogP contribution in [0, 0.1) is 6.92 Å². The highest BCUT2D eigenvalue weighted by Gasteiger charge is 2.15. The van der Waals surface area contributed by atoms with Crippen LogP contribution >= 0.6 is 11.6 Å². The third-order valence-electron chi connectivity index (χ3n) is 3.35. The van der Waals surface area contributed by atoms with Crippen molar-refractivity contribution in [3.63, 3.8) is 0 Å². The number of imidazole rings is 1. The van der Waals surface area contributed by atoms with Gasteiger partial charge in [-0.3, -0.25) is 0 Å². The smallest absolute Gasteiger partial charge is 0.156 e. The van der Waals surface area contributed by atoms with Gasteiger partial charge >= 0.3 is 0 Å². The number of benzene rings is 1. The van der Waals surface area contributed by atoms with E-state index in [-0.39, 0.29) is 0 Å². The van der Waals surface area contributed by atoms with E-state index < -0.39 is 0 Å². The Bertz CT molecular complexity index is 763. The molecule has 0 radical (unpaired) electrons. The van der Waals surface area contributed by atoms with Crippen molar-refractivity contribution in [1.29, 1.82) is 0 Å². The molecule has 3 aromatic rings. The van der Waals surface area contributed by atoms with Crippen LogP contribution < -0.4 is 4.74 Å². The summed E-state index contributed by atoms with van der Waals surface area (Å²) in [5, 5.41) is 3.93. The Labute approximate surface area is 127 Å². The van der Waals surface area contributed by atoms with Crippen LogP contribution in [-0.2, 0) is 13.0 Å². The maximum atomic E-state index is 5.90. The Morgan fingerprint density at radius 1 is 1.38 bits per heavy atom. The summed E-state index contributed by atoms with van der Waals surface area (Å²) in [6, 6.07) is 7.81. The highest BCUT2D eigenvalue weighted by Crippen LogP contribution is 2.27. The molecule has 0 spiro atoms. The van der Waals surface area contributed by atoms with Crippen molar-refractivity contribution >= 4 is 22.6 Å². The lowest BCUT2D eigenvalue weighted by molar-refractivity contribution is 0.373. The Kier molecular flexibility index (Phi) is 3.84. The van der Waals surface area contributed by atoms with Crippen molar-refractivity contribution in [3.8, 4) is 5.75 Å². The molecule has 6 heteroatoms. The third kappa shape index (κ3) is 2.61. The molecule has 0 bridgehead atoms. The SMILES string of the molecule is COc1cccc2c1nc(CCCl)n2Cc1cc(C)no1. The van der Waals surface area contributed by atoms with Crippen LogP contribution in [0.15, 0.2) is 28.8 Å². The summed E-state index contributed by atoms with van der Waals surface area (Å²) in [6.45, 7) is 2.48. The molecule has 0 unspecified atom stereocenters. The van der Waals surface area contributed by atoms with Gasteiger partial charge < -0.3 is 13.8 Å². The molecule has 0 aliphatic carbocycles. The van der Waals surface area contributed by atoms with Crippen molar-refractivity contribution in [2.45, 2.75) is 19.9 Å². The fraction of sp³-hybridized carbons (Fsp3) is 0.333. The monoisotopic (exact) mass is 305 g/mol. The summed E-state index contributed by atoms with van der Waals surface area (Å²) in [4.78, 5) is 4.67. The van der Waals surface area contributed by atoms with Crippen LogP contribution in [0.5, 0.6) is 5.75 Å². The van der Waals surface area contributed by atoms with E-state index in [1.54, 1.807) is 7.11 Å². The van der Waals surface area contributed by atoms with E-state index in [4.69, 9.17) is 20.9 Å². The van der Waals surface area contributed by atoms with E-state index in [0.717, 1.165) is 34.1 Å². The average Bonchev–Trinajstić information content (AvgIpc) is 3.04. The van der Waals surface area contributed by atoms with Crippen molar-refractivity contribution < 1.29 is 9.26 Å². The first kappa shape index (κ1) is 13.9. The molecule has 2 heterocycles. The second-order valence-corrected chi connectivity index (χ2v) is 5.19. The molecule has 0 saturated heterocycles. The number of para-hydroxylation sites is 1. The number of halogens is 1. The summed E-state index contributed by atoms with van der Waals surface area (Å²) < 4.78 is 12.8. The van der Waals surface area contributed by atoms with Gasteiger partial charge in [-0.05, 0) is 19.1 Å². The molecule has 0 aliphatic rings. The predicted molar refractivity (Wildman–Crippen MR) is 81.1 cm³/mol. The molecule has 21 heavy (non-hydrogen) atoms. The number of aromatic nitrogens is 3. The highest BCUT2D eigenvalue weighted by molar-refractivity contribution is 6.17. The molecular formula is C15H16ClN3O2. The second-order valence-electron chi connectivity index (χ2n) is 4.82. The fourth-order valence-corrected chi connectivity index (χ4v) is 2.60.